The monoisotopic (exact) mass is 432 g/mol. The molecule has 6 nitrogen and oxygen atoms in total. The minimum absolute atomic E-state index is 0.240. The van der Waals surface area contributed by atoms with Gasteiger partial charge in [-0.2, -0.15) is 0 Å². The Hall–Kier alpha value is -2.38. The van der Waals surface area contributed by atoms with E-state index in [2.05, 4.69) is 0 Å². The molecule has 1 aliphatic carbocycles. The maximum atomic E-state index is 13.6. The molecule has 0 atom stereocenters. The third-order valence-electron chi connectivity index (χ3n) is 7.96. The number of carbonyl (C=O) groups is 2. The largest absolute Gasteiger partial charge is 0.289 e. The predicted molar refractivity (Wildman–Crippen MR) is 117 cm³/mol. The van der Waals surface area contributed by atoms with Crippen molar-refractivity contribution < 1.29 is 20.0 Å². The molecule has 0 saturated carbocycles. The highest BCUT2D eigenvalue weighted by molar-refractivity contribution is 6.28. The molecule has 0 saturated heterocycles. The van der Waals surface area contributed by atoms with E-state index in [0.717, 1.165) is 32.4 Å². The number of benzene rings is 2. The van der Waals surface area contributed by atoms with E-state index in [9.17, 15) is 20.0 Å². The Labute approximate surface area is 188 Å². The molecule has 5 rings (SSSR count). The highest BCUT2D eigenvalue weighted by Crippen LogP contribution is 2.52. The van der Waals surface area contributed by atoms with Crippen LogP contribution in [-0.4, -0.2) is 21.7 Å². The lowest BCUT2D eigenvalue weighted by atomic mass is 9.76. The highest BCUT2D eigenvalue weighted by Gasteiger charge is 2.53. The molecule has 0 N–H and O–H groups in total. The summed E-state index contributed by atoms with van der Waals surface area (Å²) in [7, 11) is 0. The van der Waals surface area contributed by atoms with E-state index in [1.165, 1.54) is 0 Å². The predicted octanol–water partition coefficient (Wildman–Crippen LogP) is 4.72. The second-order valence-electron chi connectivity index (χ2n) is 11.4. The van der Waals surface area contributed by atoms with E-state index < -0.39 is 22.2 Å². The summed E-state index contributed by atoms with van der Waals surface area (Å²) in [5.41, 5.74) is 1.14. The number of hydrogen-bond acceptors (Lipinski definition) is 4. The Morgan fingerprint density at radius 1 is 0.469 bits per heavy atom. The molecule has 6 heteroatoms. The van der Waals surface area contributed by atoms with Gasteiger partial charge >= 0.3 is 0 Å². The topological polar surface area (TPSA) is 80.4 Å². The van der Waals surface area contributed by atoms with Crippen molar-refractivity contribution in [2.75, 3.05) is 0 Å². The van der Waals surface area contributed by atoms with E-state index in [0.29, 0.717) is 22.3 Å². The van der Waals surface area contributed by atoms with Gasteiger partial charge in [-0.3, -0.25) is 9.59 Å². The SMILES string of the molecule is CC1(C)c2cc3c(cc2C(C)(C)N1[O])C(=O)c1cc2c(cc1C3=O)C(C)(C)N([O])C2(C)C. The molecule has 2 aliphatic heterocycles. The van der Waals surface area contributed by atoms with Gasteiger partial charge in [0.05, 0.1) is 22.2 Å². The minimum Gasteiger partial charge on any atom is -0.289 e. The van der Waals surface area contributed by atoms with Crippen molar-refractivity contribution in [1.82, 2.24) is 10.1 Å². The fraction of sp³-hybridized carbons (Fsp3) is 0.462. The summed E-state index contributed by atoms with van der Waals surface area (Å²) in [6.45, 7) is 14.7. The lowest BCUT2D eigenvalue weighted by molar-refractivity contribution is -0.266. The van der Waals surface area contributed by atoms with Crippen LogP contribution in [0.2, 0.25) is 0 Å². The van der Waals surface area contributed by atoms with Gasteiger partial charge in [-0.15, -0.1) is 20.5 Å². The van der Waals surface area contributed by atoms with Crippen molar-refractivity contribution in [3.05, 3.63) is 68.8 Å². The zero-order chi connectivity index (χ0) is 23.8. The summed E-state index contributed by atoms with van der Waals surface area (Å²) in [6, 6.07) is 6.93. The van der Waals surface area contributed by atoms with Crippen molar-refractivity contribution in [1.29, 1.82) is 0 Å². The quantitative estimate of drug-likeness (QED) is 0.515. The number of rotatable bonds is 0. The van der Waals surface area contributed by atoms with Crippen LogP contribution in [0.15, 0.2) is 24.3 Å². The summed E-state index contributed by atoms with van der Waals surface area (Å²) in [6.07, 6.45) is 0. The molecule has 0 spiro atoms. The Kier molecular flexibility index (Phi) is 3.86. The van der Waals surface area contributed by atoms with E-state index in [1.807, 2.05) is 55.4 Å². The summed E-state index contributed by atoms with van der Waals surface area (Å²) in [5.74, 6) is -0.479. The summed E-state index contributed by atoms with van der Waals surface area (Å²) in [5, 5.41) is 28.1. The second kappa shape index (κ2) is 5.75. The Morgan fingerprint density at radius 3 is 0.844 bits per heavy atom. The molecular weight excluding hydrogens is 404 g/mol. The molecular formula is C26H28N2O4. The normalized spacial score (nSPS) is 24.2. The molecule has 3 aliphatic rings. The van der Waals surface area contributed by atoms with Crippen molar-refractivity contribution in [2.45, 2.75) is 77.5 Å². The molecule has 0 unspecified atom stereocenters. The van der Waals surface area contributed by atoms with Gasteiger partial charge < -0.3 is 0 Å². The number of nitrogens with zero attached hydrogens (tertiary/aromatic N) is 2. The first-order valence-electron chi connectivity index (χ1n) is 11.0. The highest BCUT2D eigenvalue weighted by atomic mass is 16.5. The van der Waals surface area contributed by atoms with Gasteiger partial charge in [0.25, 0.3) is 0 Å². The third kappa shape index (κ3) is 2.23. The van der Waals surface area contributed by atoms with Crippen LogP contribution in [-0.2, 0) is 32.6 Å². The van der Waals surface area contributed by atoms with Crippen LogP contribution >= 0.6 is 0 Å². The molecule has 2 heterocycles. The third-order valence-corrected chi connectivity index (χ3v) is 7.96. The average Bonchev–Trinajstić information content (AvgIpc) is 2.94. The average molecular weight is 433 g/mol. The molecule has 0 bridgehead atoms. The van der Waals surface area contributed by atoms with Gasteiger partial charge in [-0.25, -0.2) is 0 Å². The van der Waals surface area contributed by atoms with E-state index in [4.69, 9.17) is 0 Å². The lowest BCUT2D eigenvalue weighted by Crippen LogP contribution is -2.41. The first-order valence-corrected chi connectivity index (χ1v) is 11.0. The van der Waals surface area contributed by atoms with Crippen LogP contribution in [0.4, 0.5) is 0 Å². The van der Waals surface area contributed by atoms with Gasteiger partial charge in [0.1, 0.15) is 0 Å². The number of fused-ring (bicyclic) bond motifs is 4. The van der Waals surface area contributed by atoms with E-state index in [1.54, 1.807) is 24.3 Å². The molecule has 0 aromatic heterocycles. The number of hydrogen-bond donors (Lipinski definition) is 0. The van der Waals surface area contributed by atoms with Gasteiger partial charge in [-0.1, -0.05) is 0 Å². The molecule has 32 heavy (non-hydrogen) atoms. The smallest absolute Gasteiger partial charge is 0.194 e. The summed E-state index contributed by atoms with van der Waals surface area (Å²) >= 11 is 0. The van der Waals surface area contributed by atoms with Crippen molar-refractivity contribution in [2.24, 2.45) is 0 Å². The second-order valence-corrected chi connectivity index (χ2v) is 11.4. The van der Waals surface area contributed by atoms with Crippen LogP contribution in [0, 0.1) is 0 Å². The lowest BCUT2D eigenvalue weighted by Gasteiger charge is -2.32. The van der Waals surface area contributed by atoms with Crippen LogP contribution in [0.1, 0.15) is 109 Å². The number of ketones is 2. The van der Waals surface area contributed by atoms with Crippen molar-refractivity contribution >= 4 is 11.6 Å². The van der Waals surface area contributed by atoms with Crippen LogP contribution < -0.4 is 0 Å². The van der Waals surface area contributed by atoms with E-state index in [-0.39, 0.29) is 11.6 Å². The van der Waals surface area contributed by atoms with Crippen LogP contribution in [0.25, 0.3) is 0 Å². The molecule has 0 amide bonds. The standard InChI is InChI=1S/C26H28N2O4/c1-23(2)17-9-13-14(10-18(17)24(3,4)27(23)31)22(30)16-12-20-19(11-15(16)21(13)29)25(5,6)28(32)26(20,7)8/h9-12H,1-8H3. The minimum atomic E-state index is -0.815. The van der Waals surface area contributed by atoms with Crippen molar-refractivity contribution in [3.8, 4) is 0 Å². The summed E-state index contributed by atoms with van der Waals surface area (Å²) in [4.78, 5) is 27.3. The molecule has 2 aromatic carbocycles. The Morgan fingerprint density at radius 2 is 0.656 bits per heavy atom. The summed E-state index contributed by atoms with van der Waals surface area (Å²) < 4.78 is 0. The zero-order valence-electron chi connectivity index (χ0n) is 19.8. The first-order chi connectivity index (χ1) is 14.6. The fourth-order valence-electron chi connectivity index (χ4n) is 6.10. The van der Waals surface area contributed by atoms with Gasteiger partial charge in [0.15, 0.2) is 11.6 Å². The zero-order valence-corrected chi connectivity index (χ0v) is 19.8. The Balaban J connectivity index is 1.77. The molecule has 2 aromatic rings. The van der Waals surface area contributed by atoms with Crippen LogP contribution in [0.5, 0.6) is 0 Å². The van der Waals surface area contributed by atoms with E-state index >= 15 is 0 Å². The maximum absolute atomic E-state index is 13.6. The molecule has 0 fully saturated rings. The van der Waals surface area contributed by atoms with Gasteiger partial charge in [0, 0.05) is 22.3 Å². The molecule has 2 radical (unpaired) electrons. The number of carbonyl (C=O) groups excluding carboxylic acids is 2. The van der Waals surface area contributed by atoms with Gasteiger partial charge in [-0.05, 0) is 102 Å². The fourth-order valence-corrected chi connectivity index (χ4v) is 6.10. The van der Waals surface area contributed by atoms with Crippen LogP contribution in [0.3, 0.4) is 0 Å². The number of hydroxylamine groups is 4. The first kappa shape index (κ1) is 21.5. The molecule has 166 valence electrons. The van der Waals surface area contributed by atoms with Gasteiger partial charge in [0.2, 0.25) is 0 Å². The van der Waals surface area contributed by atoms with Crippen molar-refractivity contribution in [3.63, 3.8) is 0 Å². The Bertz CT molecular complexity index is 1070. The maximum Gasteiger partial charge on any atom is 0.194 e.